The van der Waals surface area contributed by atoms with Crippen LogP contribution in [0.3, 0.4) is 0 Å². The molecule has 2 aromatic rings. The van der Waals surface area contributed by atoms with Gasteiger partial charge in [-0.2, -0.15) is 0 Å². The maximum atomic E-state index is 11.6. The molecule has 0 aliphatic carbocycles. The highest BCUT2D eigenvalue weighted by Gasteiger charge is 2.07. The van der Waals surface area contributed by atoms with Gasteiger partial charge in [-0.25, -0.2) is 4.98 Å². The maximum absolute atomic E-state index is 11.6. The van der Waals surface area contributed by atoms with Crippen molar-refractivity contribution in [3.8, 4) is 17.0 Å². The third kappa shape index (κ3) is 2.42. The van der Waals surface area contributed by atoms with E-state index in [1.807, 2.05) is 32.0 Å². The predicted molar refractivity (Wildman–Crippen MR) is 71.0 cm³/mol. The third-order valence-electron chi connectivity index (χ3n) is 2.84. The second-order valence-corrected chi connectivity index (χ2v) is 4.11. The number of aromatic nitrogens is 2. The van der Waals surface area contributed by atoms with E-state index in [4.69, 9.17) is 4.74 Å². The Morgan fingerprint density at radius 1 is 1.33 bits per heavy atom. The van der Waals surface area contributed by atoms with Gasteiger partial charge in [-0.1, -0.05) is 6.92 Å². The number of aromatic amines is 1. The molecular weight excluding hydrogens is 228 g/mol. The van der Waals surface area contributed by atoms with E-state index in [9.17, 15) is 4.79 Å². The van der Waals surface area contributed by atoms with Crippen molar-refractivity contribution in [3.63, 3.8) is 0 Å². The number of hydrogen-bond donors (Lipinski definition) is 1. The van der Waals surface area contributed by atoms with Crippen LogP contribution in [-0.4, -0.2) is 17.1 Å². The minimum Gasteiger partial charge on any atom is -0.497 e. The van der Waals surface area contributed by atoms with Crippen LogP contribution in [-0.2, 0) is 6.42 Å². The minimum atomic E-state index is -0.118. The van der Waals surface area contributed by atoms with Crippen molar-refractivity contribution in [2.24, 2.45) is 0 Å². The molecule has 0 amide bonds. The summed E-state index contributed by atoms with van der Waals surface area (Å²) in [7, 11) is 1.63. The monoisotopic (exact) mass is 244 g/mol. The van der Waals surface area contributed by atoms with Crippen molar-refractivity contribution in [1.82, 2.24) is 9.97 Å². The Morgan fingerprint density at radius 2 is 2.11 bits per heavy atom. The zero-order valence-electron chi connectivity index (χ0n) is 10.8. The summed E-state index contributed by atoms with van der Waals surface area (Å²) >= 11 is 0. The quantitative estimate of drug-likeness (QED) is 0.901. The zero-order valence-corrected chi connectivity index (χ0v) is 10.8. The number of nitrogens with zero attached hydrogens (tertiary/aromatic N) is 1. The molecule has 2 rings (SSSR count). The number of aryl methyl sites for hydroxylation is 2. The lowest BCUT2D eigenvalue weighted by molar-refractivity contribution is 0.414. The fraction of sp³-hybridized carbons (Fsp3) is 0.286. The molecule has 4 nitrogen and oxygen atoms in total. The number of hydrogen-bond acceptors (Lipinski definition) is 3. The molecule has 4 heteroatoms. The highest BCUT2D eigenvalue weighted by atomic mass is 16.5. The number of rotatable bonds is 3. The number of nitrogens with one attached hydrogen (secondary N) is 1. The second-order valence-electron chi connectivity index (χ2n) is 4.11. The normalized spacial score (nSPS) is 10.4. The molecule has 1 heterocycles. The summed E-state index contributed by atoms with van der Waals surface area (Å²) in [5.41, 5.74) is 2.58. The summed E-state index contributed by atoms with van der Waals surface area (Å²) in [5.74, 6) is 1.50. The van der Waals surface area contributed by atoms with Crippen LogP contribution in [0.4, 0.5) is 0 Å². The molecule has 0 unspecified atom stereocenters. The summed E-state index contributed by atoms with van der Waals surface area (Å²) in [6.45, 7) is 3.94. The molecule has 0 bridgehead atoms. The van der Waals surface area contributed by atoms with Crippen molar-refractivity contribution in [3.05, 3.63) is 46.0 Å². The lowest BCUT2D eigenvalue weighted by Crippen LogP contribution is -2.10. The van der Waals surface area contributed by atoms with Crippen molar-refractivity contribution in [1.29, 1.82) is 0 Å². The lowest BCUT2D eigenvalue weighted by Gasteiger charge is -2.08. The van der Waals surface area contributed by atoms with Gasteiger partial charge in [0.15, 0.2) is 0 Å². The van der Waals surface area contributed by atoms with Crippen LogP contribution in [0.5, 0.6) is 5.75 Å². The molecule has 0 atom stereocenters. The van der Waals surface area contributed by atoms with E-state index < -0.39 is 0 Å². The van der Waals surface area contributed by atoms with E-state index in [0.29, 0.717) is 17.9 Å². The van der Waals surface area contributed by atoms with Gasteiger partial charge >= 0.3 is 0 Å². The van der Waals surface area contributed by atoms with Crippen LogP contribution >= 0.6 is 0 Å². The third-order valence-corrected chi connectivity index (χ3v) is 2.84. The minimum absolute atomic E-state index is 0.118. The van der Waals surface area contributed by atoms with Crippen LogP contribution in [0.2, 0.25) is 0 Å². The van der Waals surface area contributed by atoms with E-state index in [1.165, 1.54) is 6.07 Å². The van der Waals surface area contributed by atoms with Crippen LogP contribution in [0, 0.1) is 6.92 Å². The molecular formula is C14H16N2O2. The van der Waals surface area contributed by atoms with Crippen LogP contribution in [0.15, 0.2) is 29.1 Å². The lowest BCUT2D eigenvalue weighted by atomic mass is 10.1. The van der Waals surface area contributed by atoms with E-state index in [-0.39, 0.29) is 5.56 Å². The predicted octanol–water partition coefficient (Wildman–Crippen LogP) is 2.32. The largest absolute Gasteiger partial charge is 0.497 e. The number of ether oxygens (including phenoxy) is 1. The van der Waals surface area contributed by atoms with E-state index in [1.54, 1.807) is 7.11 Å². The van der Waals surface area contributed by atoms with E-state index >= 15 is 0 Å². The van der Waals surface area contributed by atoms with E-state index in [2.05, 4.69) is 9.97 Å². The van der Waals surface area contributed by atoms with Gasteiger partial charge in [0, 0.05) is 18.1 Å². The zero-order chi connectivity index (χ0) is 13.1. The highest BCUT2D eigenvalue weighted by molar-refractivity contribution is 5.64. The first-order valence-electron chi connectivity index (χ1n) is 5.89. The first-order chi connectivity index (χ1) is 8.63. The Kier molecular flexibility index (Phi) is 3.46. The molecule has 18 heavy (non-hydrogen) atoms. The van der Waals surface area contributed by atoms with Gasteiger partial charge in [-0.15, -0.1) is 0 Å². The number of methoxy groups -OCH3 is 1. The van der Waals surface area contributed by atoms with Crippen molar-refractivity contribution in [2.45, 2.75) is 20.3 Å². The Morgan fingerprint density at radius 3 is 2.72 bits per heavy atom. The van der Waals surface area contributed by atoms with Crippen molar-refractivity contribution in [2.75, 3.05) is 7.11 Å². The molecule has 0 aliphatic heterocycles. The van der Waals surface area contributed by atoms with Gasteiger partial charge in [0.1, 0.15) is 11.6 Å². The summed E-state index contributed by atoms with van der Waals surface area (Å²) in [4.78, 5) is 18.7. The van der Waals surface area contributed by atoms with Gasteiger partial charge in [0.05, 0.1) is 12.8 Å². The Hall–Kier alpha value is -2.10. The molecule has 0 spiro atoms. The maximum Gasteiger partial charge on any atom is 0.251 e. The topological polar surface area (TPSA) is 55.0 Å². The van der Waals surface area contributed by atoms with Crippen molar-refractivity contribution < 1.29 is 4.74 Å². The average molecular weight is 244 g/mol. The van der Waals surface area contributed by atoms with Gasteiger partial charge in [-0.05, 0) is 30.7 Å². The Labute approximate surface area is 106 Å². The van der Waals surface area contributed by atoms with Crippen LogP contribution in [0.1, 0.15) is 18.3 Å². The van der Waals surface area contributed by atoms with Gasteiger partial charge < -0.3 is 9.72 Å². The highest BCUT2D eigenvalue weighted by Crippen LogP contribution is 2.24. The summed E-state index contributed by atoms with van der Waals surface area (Å²) < 4.78 is 5.17. The molecule has 1 N–H and O–H groups in total. The van der Waals surface area contributed by atoms with Crippen LogP contribution < -0.4 is 10.3 Å². The molecule has 1 aromatic carbocycles. The fourth-order valence-electron chi connectivity index (χ4n) is 1.86. The summed E-state index contributed by atoms with van der Waals surface area (Å²) in [6, 6.07) is 7.25. The second kappa shape index (κ2) is 5.04. The molecule has 0 radical (unpaired) electrons. The molecule has 1 aromatic heterocycles. The van der Waals surface area contributed by atoms with Gasteiger partial charge in [0.25, 0.3) is 5.56 Å². The summed E-state index contributed by atoms with van der Waals surface area (Å²) in [6.07, 6.45) is 0.707. The van der Waals surface area contributed by atoms with Gasteiger partial charge in [0.2, 0.25) is 0 Å². The summed E-state index contributed by atoms with van der Waals surface area (Å²) in [5, 5.41) is 0. The smallest absolute Gasteiger partial charge is 0.251 e. The molecule has 0 fully saturated rings. The fourth-order valence-corrected chi connectivity index (χ4v) is 1.86. The molecule has 0 saturated carbocycles. The Balaban J connectivity index is 2.54. The molecule has 0 aliphatic rings. The van der Waals surface area contributed by atoms with Crippen molar-refractivity contribution >= 4 is 0 Å². The SMILES string of the molecule is CCc1nc(-c2ccc(OC)cc2C)cc(=O)[nH]1. The molecule has 0 saturated heterocycles. The van der Waals surface area contributed by atoms with Crippen LogP contribution in [0.25, 0.3) is 11.3 Å². The average Bonchev–Trinajstić information content (AvgIpc) is 2.37. The van der Waals surface area contributed by atoms with Gasteiger partial charge in [-0.3, -0.25) is 4.79 Å². The number of benzene rings is 1. The standard InChI is InChI=1S/C14H16N2O2/c1-4-13-15-12(8-14(17)16-13)11-6-5-10(18-3)7-9(11)2/h5-8H,4H2,1-3H3,(H,15,16,17). The Bertz CT molecular complexity index is 617. The first-order valence-corrected chi connectivity index (χ1v) is 5.89. The first kappa shape index (κ1) is 12.4. The van der Waals surface area contributed by atoms with E-state index in [0.717, 1.165) is 16.9 Å². The molecule has 94 valence electrons. The number of H-pyrrole nitrogens is 1.